The Morgan fingerprint density at radius 3 is 2.50 bits per heavy atom. The van der Waals surface area contributed by atoms with Crippen molar-refractivity contribution in [3.05, 3.63) is 12.2 Å². The van der Waals surface area contributed by atoms with Crippen LogP contribution >= 0.6 is 0 Å². The van der Waals surface area contributed by atoms with Gasteiger partial charge in [-0.3, -0.25) is 9.59 Å². The Bertz CT molecular complexity index is 522. The zero-order valence-electron chi connectivity index (χ0n) is 15.8. The molecule has 2 saturated carbocycles. The highest BCUT2D eigenvalue weighted by molar-refractivity contribution is 5.70. The van der Waals surface area contributed by atoms with E-state index in [1.165, 1.54) is 12.5 Å². The van der Waals surface area contributed by atoms with Gasteiger partial charge in [-0.15, -0.1) is 0 Å². The first kappa shape index (κ1) is 19.0. The van der Waals surface area contributed by atoms with Gasteiger partial charge in [-0.1, -0.05) is 32.9 Å². The Morgan fingerprint density at radius 2 is 1.92 bits per heavy atom. The van der Waals surface area contributed by atoms with Gasteiger partial charge in [0.25, 0.3) is 0 Å². The molecule has 136 valence electrons. The second-order valence-electron chi connectivity index (χ2n) is 8.28. The number of ether oxygens (including phenoxy) is 2. The smallest absolute Gasteiger partial charge is 0.306 e. The van der Waals surface area contributed by atoms with Crippen molar-refractivity contribution < 1.29 is 19.1 Å². The second kappa shape index (κ2) is 6.89. The van der Waals surface area contributed by atoms with E-state index in [2.05, 4.69) is 27.4 Å². The molecule has 4 nitrogen and oxygen atoms in total. The van der Waals surface area contributed by atoms with Crippen molar-refractivity contribution in [3.8, 4) is 0 Å². The number of carbonyl (C=O) groups excluding carboxylic acids is 2. The summed E-state index contributed by atoms with van der Waals surface area (Å²) in [6.07, 6.45) is 4.12. The monoisotopic (exact) mass is 336 g/mol. The van der Waals surface area contributed by atoms with Crippen molar-refractivity contribution in [2.24, 2.45) is 22.7 Å². The molecule has 2 fully saturated rings. The van der Waals surface area contributed by atoms with Crippen molar-refractivity contribution in [2.45, 2.75) is 72.8 Å². The van der Waals surface area contributed by atoms with Gasteiger partial charge in [-0.05, 0) is 49.9 Å². The van der Waals surface area contributed by atoms with Crippen LogP contribution in [0, 0.1) is 22.7 Å². The summed E-state index contributed by atoms with van der Waals surface area (Å²) in [4.78, 5) is 23.6. The summed E-state index contributed by atoms with van der Waals surface area (Å²) in [6.45, 7) is 14.7. The van der Waals surface area contributed by atoms with Crippen LogP contribution in [-0.2, 0) is 19.1 Å². The van der Waals surface area contributed by atoms with E-state index >= 15 is 0 Å². The van der Waals surface area contributed by atoms with Crippen molar-refractivity contribution in [1.82, 2.24) is 0 Å². The normalized spacial score (nSPS) is 35.0. The minimum Gasteiger partial charge on any atom is -0.466 e. The number of esters is 2. The lowest BCUT2D eigenvalue weighted by molar-refractivity contribution is -0.175. The van der Waals surface area contributed by atoms with E-state index in [4.69, 9.17) is 9.47 Å². The molecule has 0 spiro atoms. The van der Waals surface area contributed by atoms with E-state index in [1.807, 2.05) is 6.92 Å². The Morgan fingerprint density at radius 1 is 1.25 bits per heavy atom. The molecule has 4 heteroatoms. The van der Waals surface area contributed by atoms with Crippen molar-refractivity contribution in [1.29, 1.82) is 0 Å². The summed E-state index contributed by atoms with van der Waals surface area (Å²) in [5.74, 6) is 0.200. The molecule has 0 aromatic rings. The Labute approximate surface area is 146 Å². The van der Waals surface area contributed by atoms with E-state index in [1.54, 1.807) is 0 Å². The summed E-state index contributed by atoms with van der Waals surface area (Å²) in [7, 11) is 0. The highest BCUT2D eigenvalue weighted by atomic mass is 16.5. The largest absolute Gasteiger partial charge is 0.466 e. The van der Waals surface area contributed by atoms with E-state index in [-0.39, 0.29) is 34.8 Å². The van der Waals surface area contributed by atoms with Crippen molar-refractivity contribution >= 4 is 11.9 Å². The fourth-order valence-electron chi connectivity index (χ4n) is 5.33. The molecule has 0 unspecified atom stereocenters. The van der Waals surface area contributed by atoms with E-state index in [0.717, 1.165) is 25.7 Å². The molecule has 0 heterocycles. The maximum Gasteiger partial charge on any atom is 0.306 e. The van der Waals surface area contributed by atoms with Gasteiger partial charge in [0.1, 0.15) is 6.10 Å². The molecule has 0 amide bonds. The van der Waals surface area contributed by atoms with Gasteiger partial charge in [0.15, 0.2) is 0 Å². The molecule has 0 aliphatic heterocycles. The average Bonchev–Trinajstić information content (AvgIpc) is 2.46. The number of rotatable bonds is 4. The fraction of sp³-hybridized carbons (Fsp3) is 0.800. The maximum atomic E-state index is 12.1. The molecule has 0 bridgehead atoms. The van der Waals surface area contributed by atoms with Crippen LogP contribution in [0.3, 0.4) is 0 Å². The molecule has 0 radical (unpaired) electrons. The maximum absolute atomic E-state index is 12.1. The molecule has 0 aromatic carbocycles. The molecule has 2 rings (SSSR count). The average molecular weight is 336 g/mol. The third kappa shape index (κ3) is 3.38. The van der Waals surface area contributed by atoms with Gasteiger partial charge >= 0.3 is 11.9 Å². The van der Waals surface area contributed by atoms with Gasteiger partial charge in [-0.2, -0.15) is 0 Å². The van der Waals surface area contributed by atoms with Crippen LogP contribution < -0.4 is 0 Å². The molecule has 2 aliphatic rings. The lowest BCUT2D eigenvalue weighted by atomic mass is 9.46. The fourth-order valence-corrected chi connectivity index (χ4v) is 5.33. The predicted octanol–water partition coefficient (Wildman–Crippen LogP) is 4.28. The summed E-state index contributed by atoms with van der Waals surface area (Å²) >= 11 is 0. The zero-order chi connectivity index (χ0) is 18.1. The van der Waals surface area contributed by atoms with E-state index < -0.39 is 0 Å². The molecular formula is C20H32O4. The van der Waals surface area contributed by atoms with Gasteiger partial charge < -0.3 is 9.47 Å². The van der Waals surface area contributed by atoms with Gasteiger partial charge in [0, 0.05) is 12.3 Å². The van der Waals surface area contributed by atoms with Gasteiger partial charge in [-0.25, -0.2) is 0 Å². The van der Waals surface area contributed by atoms with Gasteiger partial charge in [0.2, 0.25) is 0 Å². The molecular weight excluding hydrogens is 304 g/mol. The Balaban J connectivity index is 2.27. The Hall–Kier alpha value is -1.32. The standard InChI is InChI=1S/C20H32O4/c1-7-23-18(22)12-15-13(2)8-9-16-19(4,5)17(24-14(3)21)10-11-20(15,16)6/h15-17H,2,7-12H2,1,3-6H3/t15-,16+,17+,20-/m1/s1. The lowest BCUT2D eigenvalue weighted by Gasteiger charge is -2.59. The molecule has 4 atom stereocenters. The number of fused-ring (bicyclic) bond motifs is 1. The first-order valence-electron chi connectivity index (χ1n) is 9.13. The van der Waals surface area contributed by atoms with Crippen LogP contribution in [0.5, 0.6) is 0 Å². The summed E-state index contributed by atoms with van der Waals surface area (Å²) in [5, 5.41) is 0. The third-order valence-corrected chi connectivity index (χ3v) is 6.50. The summed E-state index contributed by atoms with van der Waals surface area (Å²) < 4.78 is 10.8. The SMILES string of the molecule is C=C1CC[C@H]2C(C)(C)[C@@H](OC(C)=O)CC[C@]2(C)[C@@H]1CC(=O)OCC. The van der Waals surface area contributed by atoms with Gasteiger partial charge in [0.05, 0.1) is 13.0 Å². The third-order valence-electron chi connectivity index (χ3n) is 6.50. The summed E-state index contributed by atoms with van der Waals surface area (Å²) in [5.41, 5.74) is 1.07. The van der Waals surface area contributed by atoms with E-state index in [0.29, 0.717) is 18.9 Å². The van der Waals surface area contributed by atoms with Crippen LogP contribution in [0.2, 0.25) is 0 Å². The summed E-state index contributed by atoms with van der Waals surface area (Å²) in [6, 6.07) is 0. The number of hydrogen-bond acceptors (Lipinski definition) is 4. The minimum atomic E-state index is -0.208. The molecule has 0 saturated heterocycles. The molecule has 0 N–H and O–H groups in total. The molecule has 24 heavy (non-hydrogen) atoms. The molecule has 0 aromatic heterocycles. The van der Waals surface area contributed by atoms with Crippen LogP contribution in [0.15, 0.2) is 12.2 Å². The first-order chi connectivity index (χ1) is 11.1. The number of carbonyl (C=O) groups is 2. The topological polar surface area (TPSA) is 52.6 Å². The number of allylic oxidation sites excluding steroid dienone is 1. The minimum absolute atomic E-state index is 0.00223. The van der Waals surface area contributed by atoms with Crippen LogP contribution in [0.1, 0.15) is 66.7 Å². The Kier molecular flexibility index (Phi) is 5.46. The predicted molar refractivity (Wildman–Crippen MR) is 93.3 cm³/mol. The van der Waals surface area contributed by atoms with Crippen LogP contribution in [0.4, 0.5) is 0 Å². The number of hydrogen-bond donors (Lipinski definition) is 0. The molecule has 2 aliphatic carbocycles. The lowest BCUT2D eigenvalue weighted by Crippen LogP contribution is -2.56. The highest BCUT2D eigenvalue weighted by Crippen LogP contribution is 2.62. The quantitative estimate of drug-likeness (QED) is 0.568. The van der Waals surface area contributed by atoms with Crippen molar-refractivity contribution in [2.75, 3.05) is 6.61 Å². The van der Waals surface area contributed by atoms with Crippen molar-refractivity contribution in [3.63, 3.8) is 0 Å². The van der Waals surface area contributed by atoms with Crippen LogP contribution in [-0.4, -0.2) is 24.6 Å². The second-order valence-corrected chi connectivity index (χ2v) is 8.28. The first-order valence-corrected chi connectivity index (χ1v) is 9.13. The van der Waals surface area contributed by atoms with Crippen LogP contribution in [0.25, 0.3) is 0 Å². The van der Waals surface area contributed by atoms with E-state index in [9.17, 15) is 9.59 Å². The zero-order valence-corrected chi connectivity index (χ0v) is 15.8. The highest BCUT2D eigenvalue weighted by Gasteiger charge is 2.57.